The molecule has 1 aliphatic carbocycles. The summed E-state index contributed by atoms with van der Waals surface area (Å²) < 4.78 is 2.02. The number of thioether (sulfide) groups is 1. The second kappa shape index (κ2) is 7.64. The van der Waals surface area contributed by atoms with Gasteiger partial charge in [0.05, 0.1) is 5.25 Å². The lowest BCUT2D eigenvalue weighted by molar-refractivity contribution is -0.119. The summed E-state index contributed by atoms with van der Waals surface area (Å²) in [5, 5.41) is 10.2. The van der Waals surface area contributed by atoms with Crippen LogP contribution in [0.4, 0.5) is 0 Å². The van der Waals surface area contributed by atoms with Crippen molar-refractivity contribution in [2.45, 2.75) is 36.1 Å². The fraction of sp³-hybridized carbons (Fsp3) is 0.250. The molecular formula is C20H18ClN3OS. The van der Waals surface area contributed by atoms with Gasteiger partial charge in [0.2, 0.25) is 0 Å². The first-order chi connectivity index (χ1) is 12.7. The summed E-state index contributed by atoms with van der Waals surface area (Å²) in [6.45, 7) is 0. The molecule has 1 aliphatic rings. The van der Waals surface area contributed by atoms with E-state index < -0.39 is 0 Å². The maximum atomic E-state index is 12.3. The number of hydrogen-bond donors (Lipinski definition) is 0. The van der Waals surface area contributed by atoms with Crippen molar-refractivity contribution in [2.75, 3.05) is 0 Å². The summed E-state index contributed by atoms with van der Waals surface area (Å²) >= 11 is 7.55. The highest BCUT2D eigenvalue weighted by Gasteiger charge is 2.26. The normalized spacial score (nSPS) is 17.4. The Morgan fingerprint density at radius 3 is 2.50 bits per heavy atom. The predicted molar refractivity (Wildman–Crippen MR) is 105 cm³/mol. The molecule has 1 heterocycles. The average molecular weight is 384 g/mol. The van der Waals surface area contributed by atoms with Crippen molar-refractivity contribution in [1.82, 2.24) is 14.8 Å². The number of benzene rings is 2. The van der Waals surface area contributed by atoms with Crippen LogP contribution in [0, 0.1) is 0 Å². The largest absolute Gasteiger partial charge is 0.298 e. The highest BCUT2D eigenvalue weighted by Crippen LogP contribution is 2.34. The fourth-order valence-corrected chi connectivity index (χ4v) is 4.44. The van der Waals surface area contributed by atoms with E-state index in [1.807, 2.05) is 59.2 Å². The molecule has 0 spiro atoms. The number of Topliss-reactive ketones (excluding diaryl/α,β-unsaturated/α-hetero) is 1. The van der Waals surface area contributed by atoms with Crippen molar-refractivity contribution in [1.29, 1.82) is 0 Å². The molecule has 4 rings (SSSR count). The van der Waals surface area contributed by atoms with Gasteiger partial charge in [0.1, 0.15) is 5.78 Å². The lowest BCUT2D eigenvalue weighted by Gasteiger charge is -2.19. The number of nitrogens with zero attached hydrogens (tertiary/aromatic N) is 3. The molecule has 4 nitrogen and oxygen atoms in total. The summed E-state index contributed by atoms with van der Waals surface area (Å²) in [5.74, 6) is 1.07. The molecule has 1 fully saturated rings. The maximum absolute atomic E-state index is 12.3. The van der Waals surface area contributed by atoms with Crippen molar-refractivity contribution in [3.05, 3.63) is 59.6 Å². The van der Waals surface area contributed by atoms with Crippen LogP contribution < -0.4 is 0 Å². The van der Waals surface area contributed by atoms with Crippen molar-refractivity contribution >= 4 is 29.1 Å². The Hall–Kier alpha value is -2.11. The van der Waals surface area contributed by atoms with E-state index in [2.05, 4.69) is 10.2 Å². The smallest absolute Gasteiger partial charge is 0.196 e. The van der Waals surface area contributed by atoms with Gasteiger partial charge in [-0.05, 0) is 49.2 Å². The molecule has 0 N–H and O–H groups in total. The monoisotopic (exact) mass is 383 g/mol. The van der Waals surface area contributed by atoms with Gasteiger partial charge in [-0.15, -0.1) is 10.2 Å². The van der Waals surface area contributed by atoms with Crippen LogP contribution >= 0.6 is 23.4 Å². The van der Waals surface area contributed by atoms with Gasteiger partial charge >= 0.3 is 0 Å². The lowest BCUT2D eigenvalue weighted by atomic mass is 9.99. The fourth-order valence-electron chi connectivity index (χ4n) is 3.14. The first-order valence-electron chi connectivity index (χ1n) is 8.68. The quantitative estimate of drug-likeness (QED) is 0.621. The van der Waals surface area contributed by atoms with Crippen LogP contribution in [0.3, 0.4) is 0 Å². The average Bonchev–Trinajstić information content (AvgIpc) is 3.08. The molecule has 3 aromatic rings. The van der Waals surface area contributed by atoms with Crippen molar-refractivity contribution in [3.8, 4) is 17.1 Å². The van der Waals surface area contributed by atoms with Crippen LogP contribution in [-0.2, 0) is 4.79 Å². The third-order valence-electron chi connectivity index (χ3n) is 4.50. The highest BCUT2D eigenvalue weighted by atomic mass is 35.5. The number of carbonyl (C=O) groups excluding carboxylic acids is 1. The lowest BCUT2D eigenvalue weighted by Crippen LogP contribution is -2.21. The van der Waals surface area contributed by atoms with Gasteiger partial charge in [-0.1, -0.05) is 48.0 Å². The van der Waals surface area contributed by atoms with Crippen LogP contribution in [0.15, 0.2) is 59.8 Å². The number of hydrogen-bond acceptors (Lipinski definition) is 4. The predicted octanol–water partition coefficient (Wildman–Crippen LogP) is 5.19. The molecule has 1 aromatic heterocycles. The number of rotatable bonds is 4. The van der Waals surface area contributed by atoms with Crippen LogP contribution in [0.5, 0.6) is 0 Å². The summed E-state index contributed by atoms with van der Waals surface area (Å²) in [5.41, 5.74) is 1.92. The molecule has 0 amide bonds. The van der Waals surface area contributed by atoms with E-state index in [1.165, 1.54) is 11.8 Å². The van der Waals surface area contributed by atoms with E-state index in [-0.39, 0.29) is 5.25 Å². The Morgan fingerprint density at radius 1 is 1.00 bits per heavy atom. The molecule has 1 atom stereocenters. The third kappa shape index (κ3) is 3.55. The van der Waals surface area contributed by atoms with Crippen molar-refractivity contribution in [2.24, 2.45) is 0 Å². The molecule has 1 saturated carbocycles. The molecule has 0 saturated heterocycles. The molecule has 2 aromatic carbocycles. The standard InChI is InChI=1S/C20H18ClN3OS/c21-15-12-10-14(11-13-15)19-22-23-20(24(19)16-6-2-1-3-7-16)26-18-9-5-4-8-17(18)25/h1-3,6-7,10-13,18H,4-5,8-9H2/t18-/m1/s1. The third-order valence-corrected chi connectivity index (χ3v) is 6.01. The van der Waals surface area contributed by atoms with E-state index in [9.17, 15) is 4.79 Å². The van der Waals surface area contributed by atoms with Crippen molar-refractivity contribution in [3.63, 3.8) is 0 Å². The van der Waals surface area contributed by atoms with Crippen LogP contribution in [0.25, 0.3) is 17.1 Å². The van der Waals surface area contributed by atoms with Crippen LogP contribution in [-0.4, -0.2) is 25.8 Å². The Balaban J connectivity index is 1.77. The molecule has 0 aliphatic heterocycles. The summed E-state index contributed by atoms with van der Waals surface area (Å²) in [6.07, 6.45) is 3.66. The zero-order valence-corrected chi connectivity index (χ0v) is 15.7. The number of carbonyl (C=O) groups is 1. The maximum Gasteiger partial charge on any atom is 0.196 e. The first kappa shape index (κ1) is 17.3. The summed E-state index contributed by atoms with van der Waals surface area (Å²) in [6, 6.07) is 17.6. The van der Waals surface area contributed by atoms with E-state index in [1.54, 1.807) is 0 Å². The highest BCUT2D eigenvalue weighted by molar-refractivity contribution is 8.00. The minimum atomic E-state index is -0.0338. The van der Waals surface area contributed by atoms with Gasteiger partial charge in [-0.25, -0.2) is 0 Å². The van der Waals surface area contributed by atoms with Gasteiger partial charge in [-0.2, -0.15) is 0 Å². The van der Waals surface area contributed by atoms with E-state index in [0.717, 1.165) is 41.5 Å². The van der Waals surface area contributed by atoms with Gasteiger partial charge in [-0.3, -0.25) is 9.36 Å². The second-order valence-electron chi connectivity index (χ2n) is 6.30. The molecular weight excluding hydrogens is 366 g/mol. The second-order valence-corrected chi connectivity index (χ2v) is 7.91. The zero-order chi connectivity index (χ0) is 17.9. The molecule has 132 valence electrons. The topological polar surface area (TPSA) is 47.8 Å². The van der Waals surface area contributed by atoms with Gasteiger partial charge < -0.3 is 0 Å². The molecule has 26 heavy (non-hydrogen) atoms. The molecule has 6 heteroatoms. The first-order valence-corrected chi connectivity index (χ1v) is 9.94. The molecule has 0 bridgehead atoms. The summed E-state index contributed by atoms with van der Waals surface area (Å²) in [7, 11) is 0. The number of ketones is 1. The SMILES string of the molecule is O=C1CCCC[C@H]1Sc1nnc(-c2ccc(Cl)cc2)n1-c1ccccc1. The van der Waals surface area contributed by atoms with Gasteiger partial charge in [0, 0.05) is 22.7 Å². The van der Waals surface area contributed by atoms with Gasteiger partial charge in [0.15, 0.2) is 11.0 Å². The van der Waals surface area contributed by atoms with Crippen molar-refractivity contribution < 1.29 is 4.79 Å². The molecule has 0 unspecified atom stereocenters. The van der Waals surface area contributed by atoms with Crippen LogP contribution in [0.2, 0.25) is 5.02 Å². The van der Waals surface area contributed by atoms with E-state index in [0.29, 0.717) is 17.2 Å². The van der Waals surface area contributed by atoms with Gasteiger partial charge in [0.25, 0.3) is 0 Å². The molecule has 0 radical (unpaired) electrons. The minimum absolute atomic E-state index is 0.0338. The minimum Gasteiger partial charge on any atom is -0.298 e. The number of para-hydroxylation sites is 1. The number of aromatic nitrogens is 3. The van der Waals surface area contributed by atoms with E-state index in [4.69, 9.17) is 11.6 Å². The Labute approximate surface area is 161 Å². The Bertz CT molecular complexity index is 909. The summed E-state index contributed by atoms with van der Waals surface area (Å²) in [4.78, 5) is 12.3. The Morgan fingerprint density at radius 2 is 1.77 bits per heavy atom. The Kier molecular flexibility index (Phi) is 5.09. The van der Waals surface area contributed by atoms with Crippen LogP contribution in [0.1, 0.15) is 25.7 Å². The zero-order valence-electron chi connectivity index (χ0n) is 14.1. The number of halogens is 1. The van der Waals surface area contributed by atoms with E-state index >= 15 is 0 Å².